The van der Waals surface area contributed by atoms with Gasteiger partial charge in [-0.05, 0) is 67.6 Å². The lowest BCUT2D eigenvalue weighted by atomic mass is 9.98. The third kappa shape index (κ3) is 5.31. The summed E-state index contributed by atoms with van der Waals surface area (Å²) in [5, 5.41) is 0. The fraction of sp³-hybridized carbons (Fsp3) is 1.00. The molecule has 2 atom stereocenters. The number of hydrogen-bond donors (Lipinski definition) is 0. The van der Waals surface area contributed by atoms with Crippen LogP contribution < -0.4 is 0 Å². The predicted molar refractivity (Wildman–Crippen MR) is 73.9 cm³/mol. The zero-order chi connectivity index (χ0) is 12.9. The minimum absolute atomic E-state index is 0.655. The molecule has 0 aliphatic carbocycles. The van der Waals surface area contributed by atoms with Crippen molar-refractivity contribution in [2.45, 2.75) is 66.1 Å². The van der Waals surface area contributed by atoms with E-state index in [-0.39, 0.29) is 0 Å². The normalized spacial score (nSPS) is 16.5. The van der Waals surface area contributed by atoms with Gasteiger partial charge in [-0.25, -0.2) is 0 Å². The van der Waals surface area contributed by atoms with Crippen molar-refractivity contribution in [3.63, 3.8) is 0 Å². The first-order chi connectivity index (χ1) is 7.27. The summed E-state index contributed by atoms with van der Waals surface area (Å²) in [7, 11) is 4.34. The molecule has 98 valence electrons. The topological polar surface area (TPSA) is 6.48 Å². The van der Waals surface area contributed by atoms with Gasteiger partial charge in [0.05, 0.1) is 0 Å². The fourth-order valence-corrected chi connectivity index (χ4v) is 2.22. The molecule has 0 heterocycles. The molecule has 0 aromatic carbocycles. The van der Waals surface area contributed by atoms with Crippen molar-refractivity contribution in [1.29, 1.82) is 0 Å². The van der Waals surface area contributed by atoms with Crippen molar-refractivity contribution < 1.29 is 0 Å². The summed E-state index contributed by atoms with van der Waals surface area (Å²) in [6.07, 6.45) is 1.29. The van der Waals surface area contributed by atoms with Crippen molar-refractivity contribution in [3.05, 3.63) is 0 Å². The van der Waals surface area contributed by atoms with Gasteiger partial charge in [0.25, 0.3) is 0 Å². The SMILES string of the molecule is CC(CCN(C(C)C)C(C)C)C(C)N(C)C. The van der Waals surface area contributed by atoms with Crippen LogP contribution in [0.15, 0.2) is 0 Å². The number of hydrogen-bond acceptors (Lipinski definition) is 2. The van der Waals surface area contributed by atoms with Crippen LogP contribution in [-0.4, -0.2) is 48.6 Å². The second kappa shape index (κ2) is 7.29. The van der Waals surface area contributed by atoms with Crippen molar-refractivity contribution in [2.24, 2.45) is 5.92 Å². The zero-order valence-electron chi connectivity index (χ0n) is 12.6. The highest BCUT2D eigenvalue weighted by Crippen LogP contribution is 2.15. The Balaban J connectivity index is 4.11. The van der Waals surface area contributed by atoms with Gasteiger partial charge in [0.1, 0.15) is 0 Å². The molecular weight excluding hydrogens is 196 g/mol. The van der Waals surface area contributed by atoms with E-state index in [0.717, 1.165) is 5.92 Å². The third-order valence-electron chi connectivity index (χ3n) is 3.81. The maximum absolute atomic E-state index is 2.58. The molecular formula is C14H32N2. The van der Waals surface area contributed by atoms with Crippen molar-refractivity contribution in [2.75, 3.05) is 20.6 Å². The molecule has 0 fully saturated rings. The molecule has 2 nitrogen and oxygen atoms in total. The molecule has 0 saturated carbocycles. The first-order valence-electron chi connectivity index (χ1n) is 6.69. The molecule has 2 heteroatoms. The summed E-state index contributed by atoms with van der Waals surface area (Å²) in [5.74, 6) is 0.759. The van der Waals surface area contributed by atoms with Crippen LogP contribution in [0.4, 0.5) is 0 Å². The first-order valence-corrected chi connectivity index (χ1v) is 6.69. The van der Waals surface area contributed by atoms with Crippen LogP contribution >= 0.6 is 0 Å². The quantitative estimate of drug-likeness (QED) is 0.661. The summed E-state index contributed by atoms with van der Waals surface area (Å²) in [5.41, 5.74) is 0. The van der Waals surface area contributed by atoms with Crippen molar-refractivity contribution >= 4 is 0 Å². The second-order valence-electron chi connectivity index (χ2n) is 5.90. The van der Waals surface area contributed by atoms with E-state index in [1.165, 1.54) is 13.0 Å². The lowest BCUT2D eigenvalue weighted by Crippen LogP contribution is -2.40. The first kappa shape index (κ1) is 15.9. The molecule has 0 saturated heterocycles. The Hall–Kier alpha value is -0.0800. The summed E-state index contributed by atoms with van der Waals surface area (Å²) in [6, 6.07) is 1.98. The average Bonchev–Trinajstić information content (AvgIpc) is 2.15. The molecule has 2 unspecified atom stereocenters. The molecule has 0 aromatic rings. The molecule has 0 N–H and O–H groups in total. The molecule has 16 heavy (non-hydrogen) atoms. The van der Waals surface area contributed by atoms with E-state index in [4.69, 9.17) is 0 Å². The van der Waals surface area contributed by atoms with Gasteiger partial charge < -0.3 is 4.90 Å². The van der Waals surface area contributed by atoms with Gasteiger partial charge in [0, 0.05) is 18.1 Å². The van der Waals surface area contributed by atoms with E-state index in [1.807, 2.05) is 0 Å². The van der Waals surface area contributed by atoms with E-state index >= 15 is 0 Å². The minimum atomic E-state index is 0.655. The van der Waals surface area contributed by atoms with Crippen LogP contribution in [0.5, 0.6) is 0 Å². The van der Waals surface area contributed by atoms with E-state index in [2.05, 4.69) is 65.4 Å². The van der Waals surface area contributed by atoms with Gasteiger partial charge in [-0.2, -0.15) is 0 Å². The number of nitrogens with zero attached hydrogens (tertiary/aromatic N) is 2. The highest BCUT2D eigenvalue weighted by atomic mass is 15.2. The molecule has 0 aliphatic heterocycles. The van der Waals surface area contributed by atoms with Crippen LogP contribution in [0.3, 0.4) is 0 Å². The molecule has 0 spiro atoms. The maximum atomic E-state index is 2.58. The molecule has 0 aromatic heterocycles. The van der Waals surface area contributed by atoms with Gasteiger partial charge in [-0.1, -0.05) is 6.92 Å². The fourth-order valence-electron chi connectivity index (χ4n) is 2.22. The molecule has 0 rings (SSSR count). The lowest BCUT2D eigenvalue weighted by Gasteiger charge is -2.33. The van der Waals surface area contributed by atoms with Crippen molar-refractivity contribution in [3.8, 4) is 0 Å². The zero-order valence-corrected chi connectivity index (χ0v) is 12.6. The average molecular weight is 228 g/mol. The van der Waals surface area contributed by atoms with E-state index < -0.39 is 0 Å². The lowest BCUT2D eigenvalue weighted by molar-refractivity contribution is 0.146. The highest BCUT2D eigenvalue weighted by molar-refractivity contribution is 4.73. The molecule has 0 radical (unpaired) electrons. The van der Waals surface area contributed by atoms with Crippen LogP contribution in [0.1, 0.15) is 48.0 Å². The Bertz CT molecular complexity index is 168. The Labute approximate surface area is 103 Å². The third-order valence-corrected chi connectivity index (χ3v) is 3.81. The smallest absolute Gasteiger partial charge is 0.00869 e. The minimum Gasteiger partial charge on any atom is -0.306 e. The van der Waals surface area contributed by atoms with Crippen molar-refractivity contribution in [1.82, 2.24) is 9.80 Å². The predicted octanol–water partition coefficient (Wildman–Crippen LogP) is 3.08. The van der Waals surface area contributed by atoms with Gasteiger partial charge >= 0.3 is 0 Å². The van der Waals surface area contributed by atoms with E-state index in [1.54, 1.807) is 0 Å². The van der Waals surface area contributed by atoms with Gasteiger partial charge in [-0.15, -0.1) is 0 Å². The molecule has 0 aliphatic rings. The van der Waals surface area contributed by atoms with Gasteiger partial charge in [-0.3, -0.25) is 4.90 Å². The Morgan fingerprint density at radius 1 is 0.812 bits per heavy atom. The Kier molecular flexibility index (Phi) is 7.25. The van der Waals surface area contributed by atoms with Gasteiger partial charge in [0.2, 0.25) is 0 Å². The Morgan fingerprint density at radius 3 is 1.56 bits per heavy atom. The highest BCUT2D eigenvalue weighted by Gasteiger charge is 2.18. The Morgan fingerprint density at radius 2 is 1.25 bits per heavy atom. The monoisotopic (exact) mass is 228 g/mol. The van der Waals surface area contributed by atoms with Crippen LogP contribution in [-0.2, 0) is 0 Å². The standard InChI is InChI=1S/C14H32N2/c1-11(2)16(12(3)4)10-9-13(5)14(6)15(7)8/h11-14H,9-10H2,1-8H3. The largest absolute Gasteiger partial charge is 0.306 e. The van der Waals surface area contributed by atoms with Crippen LogP contribution in [0, 0.1) is 5.92 Å². The van der Waals surface area contributed by atoms with Gasteiger partial charge in [0.15, 0.2) is 0 Å². The van der Waals surface area contributed by atoms with E-state index in [9.17, 15) is 0 Å². The van der Waals surface area contributed by atoms with E-state index in [0.29, 0.717) is 18.1 Å². The maximum Gasteiger partial charge on any atom is 0.00869 e. The molecule has 0 amide bonds. The summed E-state index contributed by atoms with van der Waals surface area (Å²) in [4.78, 5) is 4.90. The summed E-state index contributed by atoms with van der Waals surface area (Å²) >= 11 is 0. The van der Waals surface area contributed by atoms with Crippen LogP contribution in [0.2, 0.25) is 0 Å². The summed E-state index contributed by atoms with van der Waals surface area (Å²) in [6.45, 7) is 15.1. The second-order valence-corrected chi connectivity index (χ2v) is 5.90. The number of rotatable bonds is 7. The summed E-state index contributed by atoms with van der Waals surface area (Å²) < 4.78 is 0. The van der Waals surface area contributed by atoms with Crippen LogP contribution in [0.25, 0.3) is 0 Å². The molecule has 0 bridgehead atoms.